The molecule has 1 aromatic heterocycles. The van der Waals surface area contributed by atoms with E-state index >= 15 is 0 Å². The monoisotopic (exact) mass is 202 g/mol. The number of rotatable bonds is 0. The Hall–Kier alpha value is -0.400. The molecule has 0 aliphatic heterocycles. The first-order valence-electron chi connectivity index (χ1n) is 2.27. The molecule has 0 amide bonds. The van der Waals surface area contributed by atoms with Gasteiger partial charge in [-0.2, -0.15) is 9.64 Å². The average molecular weight is 203 g/mol. The van der Waals surface area contributed by atoms with Gasteiger partial charge in [0, 0.05) is 0 Å². The van der Waals surface area contributed by atoms with Crippen molar-refractivity contribution in [3.8, 4) is 6.07 Å². The van der Waals surface area contributed by atoms with Crippen LogP contribution in [0.15, 0.2) is 3.79 Å². The Balaban J connectivity index is 3.27. The third-order valence-corrected chi connectivity index (χ3v) is 2.49. The summed E-state index contributed by atoms with van der Waals surface area (Å²) in [6.45, 7) is 1.82. The molecule has 0 aromatic carbocycles. The molecule has 2 nitrogen and oxygen atoms in total. The van der Waals surface area contributed by atoms with E-state index in [1.165, 1.54) is 11.5 Å². The first-order valence-corrected chi connectivity index (χ1v) is 3.84. The molecule has 0 spiro atoms. The maximum atomic E-state index is 8.47. The number of hydrogen-bond donors (Lipinski definition) is 0. The van der Waals surface area contributed by atoms with Crippen molar-refractivity contribution in [2.45, 2.75) is 6.92 Å². The van der Waals surface area contributed by atoms with Crippen molar-refractivity contribution in [1.29, 1.82) is 5.26 Å². The maximum Gasteiger partial charge on any atom is 0.109 e. The standard InChI is InChI=1S/C5H3BrN2S/c1-3-4(2-7)5(6)9-8-3/h1H3. The minimum absolute atomic E-state index is 0.653. The van der Waals surface area contributed by atoms with Crippen LogP contribution in [0.4, 0.5) is 0 Å². The predicted molar refractivity (Wildman–Crippen MR) is 39.3 cm³/mol. The van der Waals surface area contributed by atoms with Crippen LogP contribution in [0.2, 0.25) is 0 Å². The van der Waals surface area contributed by atoms with Gasteiger partial charge in [0.05, 0.1) is 5.69 Å². The van der Waals surface area contributed by atoms with Crippen LogP contribution in [0, 0.1) is 18.3 Å². The molecule has 4 heteroatoms. The summed E-state index contributed by atoms with van der Waals surface area (Å²) in [5, 5.41) is 8.47. The van der Waals surface area contributed by atoms with Crippen LogP contribution in [0.5, 0.6) is 0 Å². The molecule has 0 saturated heterocycles. The highest BCUT2D eigenvalue weighted by molar-refractivity contribution is 9.11. The molecule has 1 rings (SSSR count). The summed E-state index contributed by atoms with van der Waals surface area (Å²) < 4.78 is 4.78. The van der Waals surface area contributed by atoms with Gasteiger partial charge in [-0.3, -0.25) is 0 Å². The normalized spacial score (nSPS) is 9.00. The van der Waals surface area contributed by atoms with Gasteiger partial charge in [0.2, 0.25) is 0 Å². The van der Waals surface area contributed by atoms with E-state index < -0.39 is 0 Å². The molecule has 0 bridgehead atoms. The van der Waals surface area contributed by atoms with Crippen molar-refractivity contribution < 1.29 is 0 Å². The molecular formula is C5H3BrN2S. The molecule has 0 atom stereocenters. The molecule has 0 unspecified atom stereocenters. The zero-order valence-electron chi connectivity index (χ0n) is 4.68. The third-order valence-electron chi connectivity index (χ3n) is 0.933. The average Bonchev–Trinajstić information content (AvgIpc) is 2.12. The minimum Gasteiger partial charge on any atom is -0.195 e. The smallest absolute Gasteiger partial charge is 0.109 e. The molecule has 0 saturated carbocycles. The second-order valence-electron chi connectivity index (χ2n) is 1.53. The lowest BCUT2D eigenvalue weighted by molar-refractivity contribution is 1.31. The second-order valence-corrected chi connectivity index (χ2v) is 3.62. The number of nitrogens with zero attached hydrogens (tertiary/aromatic N) is 2. The lowest BCUT2D eigenvalue weighted by Gasteiger charge is -1.78. The van der Waals surface area contributed by atoms with E-state index in [4.69, 9.17) is 5.26 Å². The Morgan fingerprint density at radius 2 is 2.44 bits per heavy atom. The molecule has 0 N–H and O–H groups in total. The Morgan fingerprint density at radius 3 is 2.67 bits per heavy atom. The highest BCUT2D eigenvalue weighted by Gasteiger charge is 2.04. The van der Waals surface area contributed by atoms with Crippen molar-refractivity contribution in [1.82, 2.24) is 4.37 Å². The van der Waals surface area contributed by atoms with E-state index in [1.807, 2.05) is 13.0 Å². The Kier molecular flexibility index (Phi) is 1.84. The van der Waals surface area contributed by atoms with Gasteiger partial charge in [-0.1, -0.05) is 0 Å². The zero-order valence-corrected chi connectivity index (χ0v) is 7.08. The first kappa shape index (κ1) is 6.72. The molecule has 0 radical (unpaired) electrons. The summed E-state index contributed by atoms with van der Waals surface area (Å²) in [5.74, 6) is 0. The maximum absolute atomic E-state index is 8.47. The number of halogens is 1. The summed E-state index contributed by atoms with van der Waals surface area (Å²) in [6.07, 6.45) is 0. The fraction of sp³-hybridized carbons (Fsp3) is 0.200. The van der Waals surface area contributed by atoms with E-state index in [2.05, 4.69) is 20.3 Å². The summed E-state index contributed by atoms with van der Waals surface area (Å²) >= 11 is 4.51. The van der Waals surface area contributed by atoms with E-state index in [0.29, 0.717) is 5.56 Å². The van der Waals surface area contributed by atoms with E-state index in [-0.39, 0.29) is 0 Å². The van der Waals surface area contributed by atoms with E-state index in [0.717, 1.165) is 9.48 Å². The number of hydrogen-bond acceptors (Lipinski definition) is 3. The van der Waals surface area contributed by atoms with Crippen LogP contribution in [0.1, 0.15) is 11.3 Å². The van der Waals surface area contributed by atoms with E-state index in [1.54, 1.807) is 0 Å². The highest BCUT2D eigenvalue weighted by atomic mass is 79.9. The van der Waals surface area contributed by atoms with Gasteiger partial charge < -0.3 is 0 Å². The van der Waals surface area contributed by atoms with Gasteiger partial charge in [-0.05, 0) is 34.4 Å². The quantitative estimate of drug-likeness (QED) is 0.647. The van der Waals surface area contributed by atoms with Gasteiger partial charge in [0.15, 0.2) is 0 Å². The van der Waals surface area contributed by atoms with Crippen molar-refractivity contribution >= 4 is 27.5 Å². The van der Waals surface area contributed by atoms with Gasteiger partial charge in [0.1, 0.15) is 15.4 Å². The number of aromatic nitrogens is 1. The van der Waals surface area contributed by atoms with Crippen LogP contribution < -0.4 is 0 Å². The molecule has 1 aromatic rings. The summed E-state index contributed by atoms with van der Waals surface area (Å²) in [5.41, 5.74) is 1.45. The van der Waals surface area contributed by atoms with Crippen molar-refractivity contribution in [3.63, 3.8) is 0 Å². The van der Waals surface area contributed by atoms with Gasteiger partial charge >= 0.3 is 0 Å². The topological polar surface area (TPSA) is 36.7 Å². The lowest BCUT2D eigenvalue weighted by Crippen LogP contribution is -1.73. The second kappa shape index (κ2) is 2.46. The van der Waals surface area contributed by atoms with Crippen molar-refractivity contribution in [2.24, 2.45) is 0 Å². The summed E-state index contributed by atoms with van der Waals surface area (Å²) in [7, 11) is 0. The number of aryl methyl sites for hydroxylation is 1. The van der Waals surface area contributed by atoms with Crippen molar-refractivity contribution in [2.75, 3.05) is 0 Å². The summed E-state index contributed by atoms with van der Waals surface area (Å²) in [4.78, 5) is 0. The third kappa shape index (κ3) is 1.12. The van der Waals surface area contributed by atoms with Gasteiger partial charge in [0.25, 0.3) is 0 Å². The Bertz CT molecular complexity index is 241. The van der Waals surface area contributed by atoms with Crippen LogP contribution in [-0.2, 0) is 0 Å². The molecular weight excluding hydrogens is 200 g/mol. The lowest BCUT2D eigenvalue weighted by atomic mass is 10.3. The predicted octanol–water partition coefficient (Wildman–Crippen LogP) is 2.09. The molecule has 9 heavy (non-hydrogen) atoms. The Morgan fingerprint density at radius 1 is 1.78 bits per heavy atom. The molecule has 0 fully saturated rings. The Labute approximate surface area is 65.4 Å². The fourth-order valence-corrected chi connectivity index (χ4v) is 1.65. The molecule has 0 aliphatic carbocycles. The first-order chi connectivity index (χ1) is 4.25. The molecule has 0 aliphatic rings. The largest absolute Gasteiger partial charge is 0.195 e. The van der Waals surface area contributed by atoms with E-state index in [9.17, 15) is 0 Å². The SMILES string of the molecule is Cc1nsc(Br)c1C#N. The fourth-order valence-electron chi connectivity index (χ4n) is 0.467. The van der Waals surface area contributed by atoms with Gasteiger partial charge in [-0.15, -0.1) is 0 Å². The summed E-state index contributed by atoms with van der Waals surface area (Å²) in [6, 6.07) is 2.04. The van der Waals surface area contributed by atoms with Crippen LogP contribution in [0.25, 0.3) is 0 Å². The van der Waals surface area contributed by atoms with Crippen molar-refractivity contribution in [3.05, 3.63) is 15.0 Å². The van der Waals surface area contributed by atoms with Gasteiger partial charge in [-0.25, -0.2) is 0 Å². The van der Waals surface area contributed by atoms with Crippen LogP contribution in [0.3, 0.4) is 0 Å². The number of nitriles is 1. The zero-order chi connectivity index (χ0) is 6.85. The molecule has 46 valence electrons. The van der Waals surface area contributed by atoms with Crippen LogP contribution in [-0.4, -0.2) is 4.37 Å². The van der Waals surface area contributed by atoms with Crippen LogP contribution >= 0.6 is 27.5 Å². The molecule has 1 heterocycles. The highest BCUT2D eigenvalue weighted by Crippen LogP contribution is 2.22. The minimum atomic E-state index is 0.653.